The molecule has 0 spiro atoms. The molecule has 0 aliphatic carbocycles. The molecule has 1 aromatic carbocycles. The Hall–Kier alpha value is -1.10. The first-order valence-electron chi connectivity index (χ1n) is 6.55. The molecule has 4 nitrogen and oxygen atoms in total. The van der Waals surface area contributed by atoms with Crippen LogP contribution in [0.2, 0.25) is 0 Å². The lowest BCUT2D eigenvalue weighted by Crippen LogP contribution is -2.43. The van der Waals surface area contributed by atoms with Gasteiger partial charge in [0.05, 0.1) is 18.6 Å². The van der Waals surface area contributed by atoms with E-state index >= 15 is 0 Å². The average molecular weight is 301 g/mol. The lowest BCUT2D eigenvalue weighted by atomic mass is 9.94. The molecule has 114 valence electrons. The predicted octanol–water partition coefficient (Wildman–Crippen LogP) is 2.24. The van der Waals surface area contributed by atoms with Crippen LogP contribution in [0.4, 0.5) is 0 Å². The van der Waals surface area contributed by atoms with Crippen LogP contribution in [-0.2, 0) is 9.53 Å². The number of nitrogens with zero attached hydrogens (tertiary/aromatic N) is 1. The number of rotatable bonds is 6. The number of amides is 1. The molecule has 3 atom stereocenters. The summed E-state index contributed by atoms with van der Waals surface area (Å²) in [4.78, 5) is 14.1. The van der Waals surface area contributed by atoms with E-state index in [1.807, 2.05) is 44.2 Å². The summed E-state index contributed by atoms with van der Waals surface area (Å²) >= 11 is 0. The highest BCUT2D eigenvalue weighted by molar-refractivity contribution is 5.85. The van der Waals surface area contributed by atoms with Crippen LogP contribution in [-0.4, -0.2) is 37.6 Å². The smallest absolute Gasteiger partial charge is 0.227 e. The molecule has 1 aromatic rings. The standard InChI is InChI=1S/C15H24N2O2.ClH/c1-11(10-19-4)17(3)15(18)12(2)14(16)13-8-6-5-7-9-13;/h5-9,11-12,14H,10,16H2,1-4H3;1H. The normalized spacial score (nSPS) is 14.8. The third-order valence-corrected chi connectivity index (χ3v) is 3.53. The lowest BCUT2D eigenvalue weighted by molar-refractivity contribution is -0.137. The van der Waals surface area contributed by atoms with Crippen LogP contribution in [0.3, 0.4) is 0 Å². The molecular weight excluding hydrogens is 276 g/mol. The van der Waals surface area contributed by atoms with E-state index in [1.54, 1.807) is 19.1 Å². The number of halogens is 1. The Bertz CT molecular complexity index is 400. The van der Waals surface area contributed by atoms with E-state index in [9.17, 15) is 4.79 Å². The zero-order chi connectivity index (χ0) is 14.4. The van der Waals surface area contributed by atoms with E-state index in [0.717, 1.165) is 5.56 Å². The summed E-state index contributed by atoms with van der Waals surface area (Å²) in [7, 11) is 3.42. The fourth-order valence-electron chi connectivity index (χ4n) is 2.01. The maximum atomic E-state index is 12.4. The van der Waals surface area contributed by atoms with Crippen molar-refractivity contribution in [1.29, 1.82) is 0 Å². The number of methoxy groups -OCH3 is 1. The number of likely N-dealkylation sites (N-methyl/N-ethyl adjacent to an activating group) is 1. The van der Waals surface area contributed by atoms with Gasteiger partial charge in [-0.15, -0.1) is 12.4 Å². The monoisotopic (exact) mass is 300 g/mol. The van der Waals surface area contributed by atoms with Crippen LogP contribution in [0.1, 0.15) is 25.5 Å². The summed E-state index contributed by atoms with van der Waals surface area (Å²) < 4.78 is 5.07. The van der Waals surface area contributed by atoms with E-state index in [2.05, 4.69) is 0 Å². The summed E-state index contributed by atoms with van der Waals surface area (Å²) in [5.74, 6) is -0.215. The van der Waals surface area contributed by atoms with Crippen molar-refractivity contribution < 1.29 is 9.53 Å². The van der Waals surface area contributed by atoms with Crippen molar-refractivity contribution in [2.24, 2.45) is 11.7 Å². The van der Waals surface area contributed by atoms with Gasteiger partial charge in [-0.3, -0.25) is 4.79 Å². The fraction of sp³-hybridized carbons (Fsp3) is 0.533. The highest BCUT2D eigenvalue weighted by Gasteiger charge is 2.27. The van der Waals surface area contributed by atoms with Gasteiger partial charge in [0.15, 0.2) is 0 Å². The predicted molar refractivity (Wildman–Crippen MR) is 83.9 cm³/mol. The van der Waals surface area contributed by atoms with Gasteiger partial charge in [-0.1, -0.05) is 37.3 Å². The maximum Gasteiger partial charge on any atom is 0.227 e. The number of hydrogen-bond acceptors (Lipinski definition) is 3. The molecule has 0 aliphatic heterocycles. The Balaban J connectivity index is 0.00000361. The minimum absolute atomic E-state index is 0. The fourth-order valence-corrected chi connectivity index (χ4v) is 2.01. The molecule has 0 aromatic heterocycles. The van der Waals surface area contributed by atoms with Crippen molar-refractivity contribution >= 4 is 18.3 Å². The van der Waals surface area contributed by atoms with Gasteiger partial charge < -0.3 is 15.4 Å². The molecule has 0 saturated heterocycles. The minimum atomic E-state index is -0.286. The van der Waals surface area contributed by atoms with E-state index in [-0.39, 0.29) is 36.3 Å². The number of benzene rings is 1. The Morgan fingerprint density at radius 3 is 2.35 bits per heavy atom. The van der Waals surface area contributed by atoms with Crippen molar-refractivity contribution in [3.8, 4) is 0 Å². The SMILES string of the molecule is COCC(C)N(C)C(=O)C(C)C(N)c1ccccc1.Cl. The summed E-state index contributed by atoms with van der Waals surface area (Å²) in [5.41, 5.74) is 7.16. The molecule has 1 rings (SSSR count). The Morgan fingerprint density at radius 1 is 1.30 bits per heavy atom. The molecule has 0 fully saturated rings. The zero-order valence-electron chi connectivity index (χ0n) is 12.6. The van der Waals surface area contributed by atoms with Crippen LogP contribution in [0.5, 0.6) is 0 Å². The number of carbonyl (C=O) groups excluding carboxylic acids is 1. The average Bonchev–Trinajstić information content (AvgIpc) is 2.45. The number of hydrogen-bond donors (Lipinski definition) is 1. The number of ether oxygens (including phenoxy) is 1. The van der Waals surface area contributed by atoms with Crippen LogP contribution in [0.15, 0.2) is 30.3 Å². The van der Waals surface area contributed by atoms with Gasteiger partial charge in [0.25, 0.3) is 0 Å². The molecule has 0 saturated carbocycles. The van der Waals surface area contributed by atoms with Gasteiger partial charge in [-0.2, -0.15) is 0 Å². The second-order valence-electron chi connectivity index (χ2n) is 4.98. The largest absolute Gasteiger partial charge is 0.383 e. The zero-order valence-corrected chi connectivity index (χ0v) is 13.4. The molecule has 2 N–H and O–H groups in total. The number of nitrogens with two attached hydrogens (primary N) is 1. The highest BCUT2D eigenvalue weighted by Crippen LogP contribution is 2.21. The van der Waals surface area contributed by atoms with Crippen molar-refractivity contribution in [2.45, 2.75) is 25.9 Å². The van der Waals surface area contributed by atoms with Gasteiger partial charge in [-0.05, 0) is 12.5 Å². The molecule has 0 radical (unpaired) electrons. The van der Waals surface area contributed by atoms with E-state index in [4.69, 9.17) is 10.5 Å². The summed E-state index contributed by atoms with van der Waals surface area (Å²) in [6, 6.07) is 9.47. The first-order chi connectivity index (χ1) is 8.99. The second-order valence-corrected chi connectivity index (χ2v) is 4.98. The molecule has 3 unspecified atom stereocenters. The van der Waals surface area contributed by atoms with Crippen LogP contribution < -0.4 is 5.73 Å². The van der Waals surface area contributed by atoms with Crippen molar-refractivity contribution in [3.63, 3.8) is 0 Å². The Kier molecular flexibility index (Phi) is 8.46. The summed E-state index contributed by atoms with van der Waals surface area (Å²) in [6.07, 6.45) is 0. The summed E-state index contributed by atoms with van der Waals surface area (Å²) in [5, 5.41) is 0. The van der Waals surface area contributed by atoms with Crippen LogP contribution in [0, 0.1) is 5.92 Å². The molecule has 1 amide bonds. The van der Waals surface area contributed by atoms with Gasteiger partial charge in [-0.25, -0.2) is 0 Å². The van der Waals surface area contributed by atoms with Crippen molar-refractivity contribution in [2.75, 3.05) is 20.8 Å². The molecule has 0 aliphatic rings. The molecule has 5 heteroatoms. The van der Waals surface area contributed by atoms with Gasteiger partial charge in [0.1, 0.15) is 0 Å². The van der Waals surface area contributed by atoms with Crippen LogP contribution >= 0.6 is 12.4 Å². The topological polar surface area (TPSA) is 55.6 Å². The first-order valence-corrected chi connectivity index (χ1v) is 6.55. The van der Waals surface area contributed by atoms with Crippen LogP contribution in [0.25, 0.3) is 0 Å². The van der Waals surface area contributed by atoms with Gasteiger partial charge >= 0.3 is 0 Å². The minimum Gasteiger partial charge on any atom is -0.383 e. The Morgan fingerprint density at radius 2 is 1.85 bits per heavy atom. The summed E-state index contributed by atoms with van der Waals surface area (Å²) in [6.45, 7) is 4.35. The second kappa shape index (κ2) is 8.95. The van der Waals surface area contributed by atoms with Crippen molar-refractivity contribution in [3.05, 3.63) is 35.9 Å². The quantitative estimate of drug-likeness (QED) is 0.876. The molecular formula is C15H25ClN2O2. The first kappa shape index (κ1) is 18.9. The van der Waals surface area contributed by atoms with E-state index in [0.29, 0.717) is 6.61 Å². The Labute approximate surface area is 127 Å². The van der Waals surface area contributed by atoms with E-state index in [1.165, 1.54) is 0 Å². The van der Waals surface area contributed by atoms with Crippen molar-refractivity contribution in [1.82, 2.24) is 4.90 Å². The van der Waals surface area contributed by atoms with Gasteiger partial charge in [0.2, 0.25) is 5.91 Å². The third kappa shape index (κ3) is 4.78. The van der Waals surface area contributed by atoms with E-state index < -0.39 is 0 Å². The maximum absolute atomic E-state index is 12.4. The highest BCUT2D eigenvalue weighted by atomic mass is 35.5. The number of carbonyl (C=O) groups is 1. The molecule has 20 heavy (non-hydrogen) atoms. The lowest BCUT2D eigenvalue weighted by Gasteiger charge is -2.29. The molecule has 0 bridgehead atoms. The third-order valence-electron chi connectivity index (χ3n) is 3.53. The molecule has 0 heterocycles. The van der Waals surface area contributed by atoms with Gasteiger partial charge in [0, 0.05) is 20.2 Å².